The summed E-state index contributed by atoms with van der Waals surface area (Å²) in [6.45, 7) is 10.2. The molecule has 0 bridgehead atoms. The van der Waals surface area contributed by atoms with E-state index in [9.17, 15) is 9.59 Å². The van der Waals surface area contributed by atoms with Gasteiger partial charge in [0.1, 0.15) is 0 Å². The Morgan fingerprint density at radius 3 is 2.49 bits per heavy atom. The molecule has 0 aliphatic carbocycles. The van der Waals surface area contributed by atoms with Crippen molar-refractivity contribution in [3.63, 3.8) is 0 Å². The van der Waals surface area contributed by atoms with E-state index in [1.54, 1.807) is 30.3 Å². The molecule has 10 heteroatoms. The van der Waals surface area contributed by atoms with E-state index in [0.29, 0.717) is 38.8 Å². The molecule has 2 amide bonds. The van der Waals surface area contributed by atoms with Gasteiger partial charge in [-0.2, -0.15) is 0 Å². The maximum absolute atomic E-state index is 12.9. The number of anilines is 1. The number of halogens is 2. The monoisotopic (exact) mass is 531 g/mol. The maximum atomic E-state index is 12.9. The van der Waals surface area contributed by atoms with Crippen LogP contribution in [0.5, 0.6) is 0 Å². The molecule has 1 atom stereocenters. The number of rotatable bonds is 10. The molecule has 0 aliphatic heterocycles. The van der Waals surface area contributed by atoms with Gasteiger partial charge in [0, 0.05) is 27.8 Å². The molecule has 2 N–H and O–H groups in total. The number of carbonyl (C=O) groups excluding carboxylic acids is 2. The zero-order valence-corrected chi connectivity index (χ0v) is 22.0. The first-order valence-electron chi connectivity index (χ1n) is 11.0. The Labute approximate surface area is 219 Å². The Morgan fingerprint density at radius 1 is 1.14 bits per heavy atom. The summed E-state index contributed by atoms with van der Waals surface area (Å²) in [7, 11) is 0. The van der Waals surface area contributed by atoms with E-state index in [1.807, 2.05) is 43.5 Å². The van der Waals surface area contributed by atoms with Crippen LogP contribution in [0, 0.1) is 12.8 Å². The number of thioether (sulfide) groups is 1. The molecular weight excluding hydrogens is 505 g/mol. The Hall–Kier alpha value is -2.81. The summed E-state index contributed by atoms with van der Waals surface area (Å²) in [6, 6.07) is 11.9. The molecule has 1 heterocycles. The minimum Gasteiger partial charge on any atom is -0.342 e. The van der Waals surface area contributed by atoms with Gasteiger partial charge >= 0.3 is 0 Å². The number of amides is 2. The van der Waals surface area contributed by atoms with Crippen LogP contribution in [0.3, 0.4) is 0 Å². The molecule has 0 radical (unpaired) electrons. The van der Waals surface area contributed by atoms with E-state index in [0.717, 1.165) is 5.56 Å². The van der Waals surface area contributed by atoms with Gasteiger partial charge in [-0.1, -0.05) is 72.6 Å². The van der Waals surface area contributed by atoms with Gasteiger partial charge in [-0.05, 0) is 43.2 Å². The highest BCUT2D eigenvalue weighted by Gasteiger charge is 2.26. The predicted octanol–water partition coefficient (Wildman–Crippen LogP) is 5.94. The van der Waals surface area contributed by atoms with Gasteiger partial charge in [0.25, 0.3) is 5.91 Å². The van der Waals surface area contributed by atoms with E-state index in [2.05, 4.69) is 27.4 Å². The van der Waals surface area contributed by atoms with E-state index >= 15 is 0 Å². The highest BCUT2D eigenvalue weighted by atomic mass is 35.5. The molecule has 184 valence electrons. The van der Waals surface area contributed by atoms with Crippen molar-refractivity contribution in [2.24, 2.45) is 5.92 Å². The summed E-state index contributed by atoms with van der Waals surface area (Å²) in [4.78, 5) is 25.4. The Kier molecular flexibility index (Phi) is 9.37. The highest BCUT2D eigenvalue weighted by molar-refractivity contribution is 7.99. The van der Waals surface area contributed by atoms with Crippen molar-refractivity contribution in [2.45, 2.75) is 38.5 Å². The molecule has 2 aromatic carbocycles. The summed E-state index contributed by atoms with van der Waals surface area (Å²) in [5, 5.41) is 15.9. The molecule has 0 unspecified atom stereocenters. The van der Waals surface area contributed by atoms with Gasteiger partial charge in [-0.3, -0.25) is 9.59 Å². The topological polar surface area (TPSA) is 88.9 Å². The van der Waals surface area contributed by atoms with Crippen LogP contribution < -0.4 is 10.6 Å². The van der Waals surface area contributed by atoms with Crippen molar-refractivity contribution in [2.75, 3.05) is 11.1 Å². The zero-order valence-electron chi connectivity index (χ0n) is 19.7. The Bertz CT molecular complexity index is 1210. The lowest BCUT2D eigenvalue weighted by atomic mass is 10.0. The summed E-state index contributed by atoms with van der Waals surface area (Å²) in [6.07, 6.45) is 1.73. The van der Waals surface area contributed by atoms with Gasteiger partial charge in [0.2, 0.25) is 5.91 Å². The fourth-order valence-electron chi connectivity index (χ4n) is 3.43. The number of hydrogen-bond donors (Lipinski definition) is 2. The minimum atomic E-state index is -0.382. The smallest absolute Gasteiger partial charge is 0.251 e. The summed E-state index contributed by atoms with van der Waals surface area (Å²) in [5.74, 6) is 0.322. The third kappa shape index (κ3) is 7.34. The zero-order chi connectivity index (χ0) is 25.5. The second-order valence-electron chi connectivity index (χ2n) is 8.30. The number of hydrogen-bond acceptors (Lipinski definition) is 5. The van der Waals surface area contributed by atoms with Gasteiger partial charge in [-0.15, -0.1) is 16.8 Å². The molecule has 0 spiro atoms. The van der Waals surface area contributed by atoms with Crippen LogP contribution in [0.15, 0.2) is 60.3 Å². The molecule has 3 aromatic rings. The normalized spacial score (nSPS) is 11.8. The molecule has 0 fully saturated rings. The molecule has 35 heavy (non-hydrogen) atoms. The third-order valence-corrected chi connectivity index (χ3v) is 6.45. The van der Waals surface area contributed by atoms with Crippen molar-refractivity contribution in [1.82, 2.24) is 20.1 Å². The lowest BCUT2D eigenvalue weighted by molar-refractivity contribution is -0.113. The van der Waals surface area contributed by atoms with E-state index in [1.165, 1.54) is 11.8 Å². The Morgan fingerprint density at radius 2 is 1.86 bits per heavy atom. The second-order valence-corrected chi connectivity index (χ2v) is 10.1. The Balaban J connectivity index is 1.75. The van der Waals surface area contributed by atoms with Gasteiger partial charge in [0.15, 0.2) is 11.0 Å². The minimum absolute atomic E-state index is 0.0465. The van der Waals surface area contributed by atoms with E-state index in [4.69, 9.17) is 23.2 Å². The number of nitrogens with zero attached hydrogens (tertiary/aromatic N) is 3. The van der Waals surface area contributed by atoms with Crippen LogP contribution >= 0.6 is 35.0 Å². The van der Waals surface area contributed by atoms with Crippen LogP contribution in [0.4, 0.5) is 5.69 Å². The average molecular weight is 532 g/mol. The largest absolute Gasteiger partial charge is 0.342 e. The van der Waals surface area contributed by atoms with Gasteiger partial charge in [0.05, 0.1) is 11.8 Å². The van der Waals surface area contributed by atoms with Crippen LogP contribution in [0.1, 0.15) is 41.6 Å². The van der Waals surface area contributed by atoms with Crippen molar-refractivity contribution >= 4 is 52.5 Å². The molecule has 1 aromatic heterocycles. The number of aromatic nitrogens is 3. The van der Waals surface area contributed by atoms with Crippen molar-refractivity contribution in [3.8, 4) is 0 Å². The summed E-state index contributed by atoms with van der Waals surface area (Å²) >= 11 is 13.2. The van der Waals surface area contributed by atoms with Crippen LogP contribution in [-0.4, -0.2) is 32.3 Å². The predicted molar refractivity (Wildman–Crippen MR) is 142 cm³/mol. The summed E-state index contributed by atoms with van der Waals surface area (Å²) in [5.41, 5.74) is 2.10. The van der Waals surface area contributed by atoms with Crippen molar-refractivity contribution in [1.29, 1.82) is 0 Å². The molecule has 3 rings (SSSR count). The fraction of sp³-hybridized carbons (Fsp3) is 0.280. The van der Waals surface area contributed by atoms with Gasteiger partial charge < -0.3 is 15.2 Å². The number of carbonyl (C=O) groups is 2. The number of benzene rings is 2. The van der Waals surface area contributed by atoms with Gasteiger partial charge in [-0.25, -0.2) is 0 Å². The van der Waals surface area contributed by atoms with E-state index < -0.39 is 0 Å². The SMILES string of the molecule is C=CCn1c(SCC(=O)Nc2cc(Cl)cc(Cl)c2)nnc1[C@@H](NC(=O)c1cccc(C)c1)C(C)C. The first kappa shape index (κ1) is 26.8. The van der Waals surface area contributed by atoms with Crippen LogP contribution in [0.2, 0.25) is 10.0 Å². The molecular formula is C25H27Cl2N5O2S. The quantitative estimate of drug-likeness (QED) is 0.249. The molecule has 0 saturated carbocycles. The number of aryl methyl sites for hydroxylation is 1. The summed E-state index contributed by atoms with van der Waals surface area (Å²) < 4.78 is 1.86. The maximum Gasteiger partial charge on any atom is 0.251 e. The first-order chi connectivity index (χ1) is 16.7. The fourth-order valence-corrected chi connectivity index (χ4v) is 4.71. The lowest BCUT2D eigenvalue weighted by Gasteiger charge is -2.22. The average Bonchev–Trinajstić information content (AvgIpc) is 3.17. The second kappa shape index (κ2) is 12.2. The van der Waals surface area contributed by atoms with Crippen molar-refractivity contribution in [3.05, 3.63) is 82.1 Å². The van der Waals surface area contributed by atoms with Crippen LogP contribution in [0.25, 0.3) is 0 Å². The number of allylic oxidation sites excluding steroid dienone is 1. The number of nitrogens with one attached hydrogen (secondary N) is 2. The molecule has 0 aliphatic rings. The molecule has 7 nitrogen and oxygen atoms in total. The van der Waals surface area contributed by atoms with E-state index in [-0.39, 0.29) is 29.5 Å². The third-order valence-electron chi connectivity index (χ3n) is 5.05. The standard InChI is InChI=1S/C25H27Cl2N5O2S/c1-5-9-32-23(22(15(2)3)29-24(34)17-8-6-7-16(4)10-17)30-31-25(32)35-14-21(33)28-20-12-18(26)11-19(27)13-20/h5-8,10-13,15,22H,1,9,14H2,2-4H3,(H,28,33)(H,29,34)/t22-/m0/s1. The highest BCUT2D eigenvalue weighted by Crippen LogP contribution is 2.27. The van der Waals surface area contributed by atoms with Crippen molar-refractivity contribution < 1.29 is 9.59 Å². The first-order valence-corrected chi connectivity index (χ1v) is 12.7. The lowest BCUT2D eigenvalue weighted by Crippen LogP contribution is -2.34. The van der Waals surface area contributed by atoms with Crippen LogP contribution in [-0.2, 0) is 11.3 Å². The molecule has 0 saturated heterocycles.